The van der Waals surface area contributed by atoms with Crippen LogP contribution in [0.1, 0.15) is 39.9 Å². The first kappa shape index (κ1) is 26.6. The standard InChI is InChI=1S/C32H30N4O4/c33-31(34)22-13-10-20(11-14-22)12-17-28(37)36-18-4-7-23-19-24(15-16-27(23)36)35-29(32(39)40)30(38)26-9-3-6-21-5-1-2-8-25(21)26/h1-3,5-6,8-11,13-16,19,29,35H,4,7,12,17-18H2,(H3,33,34)(H,39,40). The highest BCUT2D eigenvalue weighted by molar-refractivity contribution is 6.18. The lowest BCUT2D eigenvalue weighted by Gasteiger charge is -2.30. The zero-order valence-electron chi connectivity index (χ0n) is 21.9. The van der Waals surface area contributed by atoms with Gasteiger partial charge in [-0.05, 0) is 59.4 Å². The first-order valence-corrected chi connectivity index (χ1v) is 13.2. The van der Waals surface area contributed by atoms with E-state index in [4.69, 9.17) is 11.1 Å². The molecular formula is C32H30N4O4. The number of nitrogen functional groups attached to an aromatic ring is 1. The number of carboxylic acid groups (broad SMARTS) is 1. The number of nitrogens with one attached hydrogen (secondary N) is 2. The van der Waals surface area contributed by atoms with E-state index in [9.17, 15) is 19.5 Å². The first-order valence-electron chi connectivity index (χ1n) is 13.2. The minimum atomic E-state index is -1.46. The van der Waals surface area contributed by atoms with Crippen molar-refractivity contribution in [3.63, 3.8) is 0 Å². The van der Waals surface area contributed by atoms with Gasteiger partial charge in [0, 0.05) is 35.5 Å². The van der Waals surface area contributed by atoms with Crippen molar-refractivity contribution in [3.8, 4) is 0 Å². The fraction of sp³-hybridized carbons (Fsp3) is 0.188. The zero-order valence-corrected chi connectivity index (χ0v) is 21.9. The van der Waals surface area contributed by atoms with E-state index in [2.05, 4.69) is 5.32 Å². The van der Waals surface area contributed by atoms with Gasteiger partial charge in [0.15, 0.2) is 11.8 Å². The van der Waals surface area contributed by atoms with Crippen LogP contribution < -0.4 is 16.0 Å². The average Bonchev–Trinajstić information content (AvgIpc) is 2.97. The van der Waals surface area contributed by atoms with Crippen LogP contribution in [-0.2, 0) is 22.4 Å². The quantitative estimate of drug-likeness (QED) is 0.106. The van der Waals surface area contributed by atoms with Crippen molar-refractivity contribution in [2.24, 2.45) is 5.73 Å². The molecule has 0 bridgehead atoms. The number of Topliss-reactive ketones (excluding diaryl/α,β-unsaturated/α-hetero) is 1. The van der Waals surface area contributed by atoms with Gasteiger partial charge in [-0.3, -0.25) is 15.0 Å². The SMILES string of the molecule is N=C(N)c1ccc(CCC(=O)N2CCCc3cc(NC(C(=O)O)C(=O)c4cccc5ccccc45)ccc32)cc1. The summed E-state index contributed by atoms with van der Waals surface area (Å²) in [5.41, 5.74) is 9.75. The van der Waals surface area contributed by atoms with Crippen molar-refractivity contribution in [1.29, 1.82) is 5.41 Å². The van der Waals surface area contributed by atoms with Crippen molar-refractivity contribution in [3.05, 3.63) is 107 Å². The van der Waals surface area contributed by atoms with Crippen LogP contribution in [0, 0.1) is 5.41 Å². The summed E-state index contributed by atoms with van der Waals surface area (Å²) in [6, 6.07) is 23.9. The Kier molecular flexibility index (Phi) is 7.59. The molecule has 1 aliphatic rings. The van der Waals surface area contributed by atoms with Gasteiger partial charge < -0.3 is 21.1 Å². The Hall–Kier alpha value is -4.98. The third-order valence-corrected chi connectivity index (χ3v) is 7.27. The highest BCUT2D eigenvalue weighted by atomic mass is 16.4. The molecule has 0 fully saturated rings. The number of ketones is 1. The molecule has 1 unspecified atom stereocenters. The number of carboxylic acids is 1. The molecule has 0 radical (unpaired) electrons. The maximum Gasteiger partial charge on any atom is 0.334 e. The number of amides is 1. The van der Waals surface area contributed by atoms with Crippen molar-refractivity contribution in [2.45, 2.75) is 31.7 Å². The molecule has 0 saturated carbocycles. The van der Waals surface area contributed by atoms with Gasteiger partial charge in [0.2, 0.25) is 5.91 Å². The lowest BCUT2D eigenvalue weighted by Crippen LogP contribution is -2.38. The fourth-order valence-corrected chi connectivity index (χ4v) is 5.19. The van der Waals surface area contributed by atoms with Crippen LogP contribution >= 0.6 is 0 Å². The van der Waals surface area contributed by atoms with E-state index in [1.165, 1.54) is 0 Å². The fourth-order valence-electron chi connectivity index (χ4n) is 5.19. The number of rotatable bonds is 9. The third-order valence-electron chi connectivity index (χ3n) is 7.27. The molecule has 202 valence electrons. The van der Waals surface area contributed by atoms with Crippen LogP contribution in [0.4, 0.5) is 11.4 Å². The number of hydrogen-bond donors (Lipinski definition) is 4. The summed E-state index contributed by atoms with van der Waals surface area (Å²) in [5, 5.41) is 21.9. The Morgan fingerprint density at radius 1 is 0.975 bits per heavy atom. The van der Waals surface area contributed by atoms with E-state index in [0.717, 1.165) is 35.0 Å². The molecule has 5 N–H and O–H groups in total. The van der Waals surface area contributed by atoms with Gasteiger partial charge in [-0.25, -0.2) is 4.79 Å². The summed E-state index contributed by atoms with van der Waals surface area (Å²) < 4.78 is 0. The molecule has 5 rings (SSSR count). The monoisotopic (exact) mass is 534 g/mol. The number of fused-ring (bicyclic) bond motifs is 2. The molecule has 1 heterocycles. The lowest BCUT2D eigenvalue weighted by atomic mass is 9.96. The van der Waals surface area contributed by atoms with Crippen LogP contribution in [0.2, 0.25) is 0 Å². The number of carbonyl (C=O) groups is 3. The van der Waals surface area contributed by atoms with Gasteiger partial charge in [0.1, 0.15) is 5.84 Å². The highest BCUT2D eigenvalue weighted by Crippen LogP contribution is 2.31. The van der Waals surface area contributed by atoms with Crippen LogP contribution in [0.15, 0.2) is 84.9 Å². The topological polar surface area (TPSA) is 137 Å². The number of amidine groups is 1. The molecule has 0 spiro atoms. The molecule has 4 aromatic rings. The number of carbonyl (C=O) groups excluding carboxylic acids is 2. The van der Waals surface area contributed by atoms with Crippen molar-refractivity contribution in [1.82, 2.24) is 0 Å². The summed E-state index contributed by atoms with van der Waals surface area (Å²) in [5.74, 6) is -1.76. The predicted molar refractivity (Wildman–Crippen MR) is 156 cm³/mol. The maximum atomic E-state index is 13.4. The number of nitrogens with two attached hydrogens (primary N) is 1. The molecule has 0 aromatic heterocycles. The van der Waals surface area contributed by atoms with Gasteiger partial charge in [-0.2, -0.15) is 0 Å². The Bertz CT molecular complexity index is 1610. The Morgan fingerprint density at radius 3 is 2.48 bits per heavy atom. The Morgan fingerprint density at radius 2 is 1.73 bits per heavy atom. The molecule has 1 amide bonds. The minimum absolute atomic E-state index is 0.00634. The second-order valence-corrected chi connectivity index (χ2v) is 9.91. The smallest absolute Gasteiger partial charge is 0.334 e. The van der Waals surface area contributed by atoms with Gasteiger partial charge in [-0.1, -0.05) is 66.7 Å². The Balaban J connectivity index is 1.31. The second kappa shape index (κ2) is 11.4. The molecule has 1 aliphatic heterocycles. The van der Waals surface area contributed by atoms with Crippen LogP contribution in [0.5, 0.6) is 0 Å². The highest BCUT2D eigenvalue weighted by Gasteiger charge is 2.29. The van der Waals surface area contributed by atoms with Gasteiger partial charge in [0.25, 0.3) is 0 Å². The summed E-state index contributed by atoms with van der Waals surface area (Å²) >= 11 is 0. The summed E-state index contributed by atoms with van der Waals surface area (Å²) in [6.45, 7) is 0.610. The Labute approximate surface area is 231 Å². The number of benzene rings is 4. The van der Waals surface area contributed by atoms with Gasteiger partial charge >= 0.3 is 5.97 Å². The van der Waals surface area contributed by atoms with Crippen molar-refractivity contribution < 1.29 is 19.5 Å². The normalized spacial score (nSPS) is 13.3. The maximum absolute atomic E-state index is 13.4. The zero-order chi connectivity index (χ0) is 28.2. The molecule has 8 nitrogen and oxygen atoms in total. The average molecular weight is 535 g/mol. The van der Waals surface area contributed by atoms with Crippen molar-refractivity contribution in [2.75, 3.05) is 16.8 Å². The second-order valence-electron chi connectivity index (χ2n) is 9.91. The molecule has 0 saturated heterocycles. The molecule has 8 heteroatoms. The largest absolute Gasteiger partial charge is 0.479 e. The third kappa shape index (κ3) is 5.56. The number of hydrogen-bond acceptors (Lipinski definition) is 5. The lowest BCUT2D eigenvalue weighted by molar-refractivity contribution is -0.136. The number of nitrogens with zero attached hydrogens (tertiary/aromatic N) is 1. The molecule has 1 atom stereocenters. The van der Waals surface area contributed by atoms with E-state index in [1.54, 1.807) is 35.2 Å². The summed E-state index contributed by atoms with van der Waals surface area (Å²) in [6.07, 6.45) is 2.43. The van der Waals surface area contributed by atoms with E-state index in [-0.39, 0.29) is 11.7 Å². The van der Waals surface area contributed by atoms with Gasteiger partial charge in [0.05, 0.1) is 0 Å². The number of aryl methyl sites for hydroxylation is 2. The van der Waals surface area contributed by atoms with E-state index in [0.29, 0.717) is 41.6 Å². The molecule has 4 aromatic carbocycles. The summed E-state index contributed by atoms with van der Waals surface area (Å²) in [7, 11) is 0. The van der Waals surface area contributed by atoms with E-state index in [1.807, 2.05) is 54.6 Å². The molecular weight excluding hydrogens is 504 g/mol. The van der Waals surface area contributed by atoms with Crippen molar-refractivity contribution >= 4 is 45.6 Å². The summed E-state index contributed by atoms with van der Waals surface area (Å²) in [4.78, 5) is 40.5. The van der Waals surface area contributed by atoms with Crippen LogP contribution in [-0.4, -0.2) is 41.2 Å². The predicted octanol–water partition coefficient (Wildman–Crippen LogP) is 4.78. The molecule has 0 aliphatic carbocycles. The van der Waals surface area contributed by atoms with Crippen LogP contribution in [0.25, 0.3) is 10.8 Å². The van der Waals surface area contributed by atoms with Gasteiger partial charge in [-0.15, -0.1) is 0 Å². The van der Waals surface area contributed by atoms with Crippen LogP contribution in [0.3, 0.4) is 0 Å². The van der Waals surface area contributed by atoms with E-state index >= 15 is 0 Å². The molecule has 40 heavy (non-hydrogen) atoms. The van der Waals surface area contributed by atoms with E-state index < -0.39 is 17.8 Å². The number of aliphatic carboxylic acids is 1. The minimum Gasteiger partial charge on any atom is -0.479 e. The number of anilines is 2. The first-order chi connectivity index (χ1) is 19.3.